The zero-order chi connectivity index (χ0) is 13.6. The average Bonchev–Trinajstić information content (AvgIpc) is 2.13. The van der Waals surface area contributed by atoms with Crippen molar-refractivity contribution in [1.82, 2.24) is 10.6 Å². The fraction of sp³-hybridized carbons (Fsp3) is 0.833. The van der Waals surface area contributed by atoms with Crippen molar-refractivity contribution in [2.75, 3.05) is 6.61 Å². The zero-order valence-electron chi connectivity index (χ0n) is 11.3. The van der Waals surface area contributed by atoms with Crippen LogP contribution in [0.4, 0.5) is 0 Å². The highest BCUT2D eigenvalue weighted by atomic mass is 16.3. The third-order valence-electron chi connectivity index (χ3n) is 2.24. The monoisotopic (exact) mass is 244 g/mol. The van der Waals surface area contributed by atoms with Gasteiger partial charge in [-0.2, -0.15) is 0 Å². The first-order valence-corrected chi connectivity index (χ1v) is 5.84. The summed E-state index contributed by atoms with van der Waals surface area (Å²) in [6.45, 7) is 9.00. The van der Waals surface area contributed by atoms with Crippen LogP contribution in [0.3, 0.4) is 0 Å². The van der Waals surface area contributed by atoms with Crippen molar-refractivity contribution in [2.45, 2.75) is 53.1 Å². The highest BCUT2D eigenvalue weighted by Gasteiger charge is 2.22. The lowest BCUT2D eigenvalue weighted by Gasteiger charge is -2.26. The van der Waals surface area contributed by atoms with Crippen LogP contribution in [0, 0.1) is 5.41 Å². The molecule has 0 heterocycles. The maximum Gasteiger partial charge on any atom is 0.242 e. The fourth-order valence-corrected chi connectivity index (χ4v) is 1.60. The topological polar surface area (TPSA) is 78.4 Å². The molecule has 17 heavy (non-hydrogen) atoms. The van der Waals surface area contributed by atoms with Crippen LogP contribution in [-0.4, -0.2) is 35.6 Å². The van der Waals surface area contributed by atoms with Crippen molar-refractivity contribution in [1.29, 1.82) is 0 Å². The molecule has 3 N–H and O–H groups in total. The van der Waals surface area contributed by atoms with Gasteiger partial charge < -0.3 is 15.7 Å². The van der Waals surface area contributed by atoms with Crippen molar-refractivity contribution < 1.29 is 14.7 Å². The number of nitrogens with one attached hydrogen (secondary N) is 2. The molecule has 0 aliphatic heterocycles. The first kappa shape index (κ1) is 15.9. The molecule has 0 aromatic rings. The van der Waals surface area contributed by atoms with Crippen LogP contribution >= 0.6 is 0 Å². The summed E-state index contributed by atoms with van der Waals surface area (Å²) < 4.78 is 0. The summed E-state index contributed by atoms with van der Waals surface area (Å²) in [6.07, 6.45) is 0.683. The normalized spacial score (nSPS) is 14.9. The van der Waals surface area contributed by atoms with E-state index in [2.05, 4.69) is 10.6 Å². The van der Waals surface area contributed by atoms with E-state index in [4.69, 9.17) is 0 Å². The SMILES string of the molecule is CC(=O)NC(C)C(=O)NC(CO)CC(C)(C)C. The molecule has 2 unspecified atom stereocenters. The second kappa shape index (κ2) is 6.59. The highest BCUT2D eigenvalue weighted by molar-refractivity contribution is 5.86. The van der Waals surface area contributed by atoms with E-state index >= 15 is 0 Å². The molecule has 0 fully saturated rings. The summed E-state index contributed by atoms with van der Waals surface area (Å²) in [5.41, 5.74) is 0.0257. The van der Waals surface area contributed by atoms with Gasteiger partial charge in [0.05, 0.1) is 12.6 Å². The lowest BCUT2D eigenvalue weighted by Crippen LogP contribution is -2.49. The largest absolute Gasteiger partial charge is 0.394 e. The number of aliphatic hydroxyl groups excluding tert-OH is 1. The molecule has 0 saturated heterocycles. The van der Waals surface area contributed by atoms with Gasteiger partial charge in [-0.1, -0.05) is 20.8 Å². The molecule has 0 aromatic heterocycles. The molecule has 5 heteroatoms. The Morgan fingerprint density at radius 2 is 1.76 bits per heavy atom. The van der Waals surface area contributed by atoms with Crippen molar-refractivity contribution >= 4 is 11.8 Å². The van der Waals surface area contributed by atoms with Crippen molar-refractivity contribution in [3.63, 3.8) is 0 Å². The molecule has 0 bridgehead atoms. The molecule has 0 spiro atoms. The van der Waals surface area contributed by atoms with Gasteiger partial charge in [0.2, 0.25) is 11.8 Å². The second-order valence-electron chi connectivity index (χ2n) is 5.58. The standard InChI is InChI=1S/C12H24N2O3/c1-8(13-9(2)16)11(17)14-10(7-15)6-12(3,4)5/h8,10,15H,6-7H2,1-5H3,(H,13,16)(H,14,17). The minimum absolute atomic E-state index is 0.0257. The Bertz CT molecular complexity index is 271. The van der Waals surface area contributed by atoms with E-state index in [0.717, 1.165) is 0 Å². The maximum absolute atomic E-state index is 11.7. The molecular weight excluding hydrogens is 220 g/mol. The summed E-state index contributed by atoms with van der Waals surface area (Å²) in [7, 11) is 0. The molecule has 5 nitrogen and oxygen atoms in total. The van der Waals surface area contributed by atoms with Crippen molar-refractivity contribution in [2.24, 2.45) is 5.41 Å². The predicted octanol–water partition coefficient (Wildman–Crippen LogP) is 0.424. The van der Waals surface area contributed by atoms with Gasteiger partial charge in [-0.05, 0) is 18.8 Å². The van der Waals surface area contributed by atoms with Gasteiger partial charge in [0.15, 0.2) is 0 Å². The van der Waals surface area contributed by atoms with Crippen molar-refractivity contribution in [3.05, 3.63) is 0 Å². The summed E-state index contributed by atoms with van der Waals surface area (Å²) in [5.74, 6) is -0.521. The first-order valence-electron chi connectivity index (χ1n) is 5.84. The Hall–Kier alpha value is -1.10. The summed E-state index contributed by atoms with van der Waals surface area (Å²) >= 11 is 0. The number of amides is 2. The number of hydrogen-bond donors (Lipinski definition) is 3. The minimum Gasteiger partial charge on any atom is -0.394 e. The number of carbonyl (C=O) groups is 2. The van der Waals surface area contributed by atoms with Crippen molar-refractivity contribution in [3.8, 4) is 0 Å². The molecule has 0 radical (unpaired) electrons. The second-order valence-corrected chi connectivity index (χ2v) is 5.58. The maximum atomic E-state index is 11.7. The Labute approximate surface area is 103 Å². The van der Waals surface area contributed by atoms with E-state index in [1.54, 1.807) is 6.92 Å². The predicted molar refractivity (Wildman–Crippen MR) is 66.4 cm³/mol. The molecule has 2 amide bonds. The smallest absolute Gasteiger partial charge is 0.242 e. The quantitative estimate of drug-likeness (QED) is 0.656. The fourth-order valence-electron chi connectivity index (χ4n) is 1.60. The molecule has 2 atom stereocenters. The van der Waals surface area contributed by atoms with E-state index < -0.39 is 6.04 Å². The van der Waals surface area contributed by atoms with Gasteiger partial charge in [0.25, 0.3) is 0 Å². The third kappa shape index (κ3) is 7.74. The number of hydrogen-bond acceptors (Lipinski definition) is 3. The lowest BCUT2D eigenvalue weighted by molar-refractivity contribution is -0.128. The van der Waals surface area contributed by atoms with E-state index in [9.17, 15) is 14.7 Å². The Kier molecular flexibility index (Phi) is 6.16. The number of aliphatic hydroxyl groups is 1. The number of carbonyl (C=O) groups excluding carboxylic acids is 2. The van der Waals surface area contributed by atoms with E-state index in [1.165, 1.54) is 6.92 Å². The van der Waals surface area contributed by atoms with Gasteiger partial charge in [-0.15, -0.1) is 0 Å². The zero-order valence-corrected chi connectivity index (χ0v) is 11.3. The Morgan fingerprint density at radius 3 is 2.12 bits per heavy atom. The van der Waals surface area contributed by atoms with Gasteiger partial charge in [-0.3, -0.25) is 9.59 Å². The van der Waals surface area contributed by atoms with E-state index in [-0.39, 0.29) is 29.9 Å². The summed E-state index contributed by atoms with van der Waals surface area (Å²) in [5, 5.41) is 14.4. The highest BCUT2D eigenvalue weighted by Crippen LogP contribution is 2.20. The van der Waals surface area contributed by atoms with Gasteiger partial charge >= 0.3 is 0 Å². The van der Waals surface area contributed by atoms with Crippen LogP contribution in [-0.2, 0) is 9.59 Å². The minimum atomic E-state index is -0.582. The van der Waals surface area contributed by atoms with E-state index in [1.807, 2.05) is 20.8 Å². The summed E-state index contributed by atoms with van der Waals surface area (Å²) in [6, 6.07) is -0.861. The number of rotatable bonds is 5. The van der Waals surface area contributed by atoms with Crippen LogP contribution in [0.5, 0.6) is 0 Å². The van der Waals surface area contributed by atoms with Crippen LogP contribution in [0.2, 0.25) is 0 Å². The lowest BCUT2D eigenvalue weighted by atomic mass is 9.88. The molecule has 0 aliphatic carbocycles. The van der Waals surface area contributed by atoms with Crippen LogP contribution in [0.25, 0.3) is 0 Å². The van der Waals surface area contributed by atoms with Gasteiger partial charge in [-0.25, -0.2) is 0 Å². The van der Waals surface area contributed by atoms with Crippen LogP contribution in [0.1, 0.15) is 41.0 Å². The Morgan fingerprint density at radius 1 is 1.24 bits per heavy atom. The first-order chi connectivity index (χ1) is 7.65. The summed E-state index contributed by atoms with van der Waals surface area (Å²) in [4.78, 5) is 22.5. The average molecular weight is 244 g/mol. The molecule has 0 rings (SSSR count). The molecule has 0 saturated carbocycles. The van der Waals surface area contributed by atoms with Gasteiger partial charge in [0.1, 0.15) is 6.04 Å². The van der Waals surface area contributed by atoms with Gasteiger partial charge in [0, 0.05) is 6.92 Å². The third-order valence-corrected chi connectivity index (χ3v) is 2.24. The molecule has 0 aromatic carbocycles. The molecule has 0 aliphatic rings. The molecule has 100 valence electrons. The molecular formula is C12H24N2O3. The Balaban J connectivity index is 4.28. The van der Waals surface area contributed by atoms with Crippen LogP contribution < -0.4 is 10.6 Å². The van der Waals surface area contributed by atoms with Crippen LogP contribution in [0.15, 0.2) is 0 Å². The van der Waals surface area contributed by atoms with E-state index in [0.29, 0.717) is 6.42 Å².